The van der Waals surface area contributed by atoms with Crippen molar-refractivity contribution in [2.75, 3.05) is 25.5 Å². The molecule has 1 unspecified atom stereocenters. The van der Waals surface area contributed by atoms with E-state index in [1.165, 1.54) is 10.5 Å². The molecule has 1 atom stereocenters. The number of quaternary nitrogens is 1. The summed E-state index contributed by atoms with van der Waals surface area (Å²) in [5, 5.41) is 0. The van der Waals surface area contributed by atoms with Crippen LogP contribution in [0.15, 0.2) is 54.6 Å². The Hall–Kier alpha value is -1.84. The minimum Gasteiger partial charge on any atom is -1.00 e. The zero-order valence-electron chi connectivity index (χ0n) is 14.6. The monoisotopic (exact) mass is 344 g/mol. The fraction of sp³-hybridized carbons (Fsp3) is 0.350. The standard InChI is InChI=1S/C20H24N2O.ClH/c1-20(13-14-21(2)3)17-11-7-8-12-18(17)22(19(20)23)15-16-9-5-4-6-10-16;/h4-12H,13-15H2,1-3H3;1H. The summed E-state index contributed by atoms with van der Waals surface area (Å²) in [5.41, 5.74) is 2.99. The summed E-state index contributed by atoms with van der Waals surface area (Å²) in [4.78, 5) is 16.5. The molecule has 1 N–H and O–H groups in total. The third-order valence-corrected chi connectivity index (χ3v) is 4.81. The molecule has 1 aliphatic heterocycles. The lowest BCUT2D eigenvalue weighted by Crippen LogP contribution is -3.05. The van der Waals surface area contributed by atoms with Crippen LogP contribution in [-0.4, -0.2) is 26.5 Å². The maximum atomic E-state index is 13.2. The van der Waals surface area contributed by atoms with Gasteiger partial charge in [-0.25, -0.2) is 0 Å². The third-order valence-electron chi connectivity index (χ3n) is 4.81. The number of fused-ring (bicyclic) bond motifs is 1. The van der Waals surface area contributed by atoms with Crippen molar-refractivity contribution in [3.05, 3.63) is 65.7 Å². The van der Waals surface area contributed by atoms with Gasteiger partial charge in [-0.05, 0) is 24.1 Å². The van der Waals surface area contributed by atoms with E-state index in [9.17, 15) is 4.79 Å². The van der Waals surface area contributed by atoms with E-state index >= 15 is 0 Å². The fourth-order valence-corrected chi connectivity index (χ4v) is 3.36. The van der Waals surface area contributed by atoms with Crippen LogP contribution in [-0.2, 0) is 16.8 Å². The molecule has 1 amide bonds. The maximum Gasteiger partial charge on any atom is 0.237 e. The number of amides is 1. The van der Waals surface area contributed by atoms with Gasteiger partial charge in [-0.1, -0.05) is 48.5 Å². The van der Waals surface area contributed by atoms with Gasteiger partial charge in [0.1, 0.15) is 0 Å². The summed E-state index contributed by atoms with van der Waals surface area (Å²) >= 11 is 0. The predicted molar refractivity (Wildman–Crippen MR) is 93.7 cm³/mol. The fourth-order valence-electron chi connectivity index (χ4n) is 3.36. The summed E-state index contributed by atoms with van der Waals surface area (Å²) in [6, 6.07) is 18.5. The van der Waals surface area contributed by atoms with E-state index in [1.54, 1.807) is 0 Å². The Labute approximate surface area is 150 Å². The van der Waals surface area contributed by atoms with Crippen molar-refractivity contribution in [3.8, 4) is 0 Å². The minimum absolute atomic E-state index is 0. The second kappa shape index (κ2) is 7.37. The number of hydrogen-bond donors (Lipinski definition) is 1. The number of rotatable bonds is 5. The molecule has 1 heterocycles. The van der Waals surface area contributed by atoms with Gasteiger partial charge in [0.25, 0.3) is 0 Å². The molecule has 2 aromatic rings. The van der Waals surface area contributed by atoms with Crippen LogP contribution in [0.4, 0.5) is 5.69 Å². The van der Waals surface area contributed by atoms with E-state index in [1.807, 2.05) is 35.2 Å². The van der Waals surface area contributed by atoms with Crippen LogP contribution in [0.25, 0.3) is 0 Å². The van der Waals surface area contributed by atoms with Crippen molar-refractivity contribution in [2.24, 2.45) is 0 Å². The van der Waals surface area contributed by atoms with Crippen LogP contribution in [0.1, 0.15) is 24.5 Å². The molecule has 0 aromatic heterocycles. The predicted octanol–water partition coefficient (Wildman–Crippen LogP) is -0.970. The van der Waals surface area contributed by atoms with Crippen LogP contribution in [0.2, 0.25) is 0 Å². The Balaban J connectivity index is 0.00000208. The number of carbonyl (C=O) groups excluding carboxylic acids is 1. The number of anilines is 1. The highest BCUT2D eigenvalue weighted by atomic mass is 35.5. The number of hydrogen-bond acceptors (Lipinski definition) is 1. The largest absolute Gasteiger partial charge is 1.00 e. The van der Waals surface area contributed by atoms with Gasteiger partial charge >= 0.3 is 0 Å². The number of halogens is 1. The highest BCUT2D eigenvalue weighted by Crippen LogP contribution is 2.44. The van der Waals surface area contributed by atoms with Crippen LogP contribution in [0, 0.1) is 0 Å². The summed E-state index contributed by atoms with van der Waals surface area (Å²) in [5.74, 6) is 0.226. The van der Waals surface area contributed by atoms with Gasteiger partial charge in [0, 0.05) is 12.1 Å². The second-order valence-corrected chi connectivity index (χ2v) is 6.93. The van der Waals surface area contributed by atoms with Crippen molar-refractivity contribution >= 4 is 11.6 Å². The summed E-state index contributed by atoms with van der Waals surface area (Å²) in [6.45, 7) is 3.72. The molecule has 128 valence electrons. The quantitative estimate of drug-likeness (QED) is 0.742. The smallest absolute Gasteiger partial charge is 0.237 e. The van der Waals surface area contributed by atoms with Gasteiger partial charge in [-0.2, -0.15) is 0 Å². The van der Waals surface area contributed by atoms with E-state index in [4.69, 9.17) is 0 Å². The normalized spacial score (nSPS) is 19.3. The van der Waals surface area contributed by atoms with Crippen LogP contribution < -0.4 is 22.2 Å². The molecule has 2 aromatic carbocycles. The molecule has 3 rings (SSSR count). The average molecular weight is 345 g/mol. The van der Waals surface area contributed by atoms with E-state index in [0.717, 1.165) is 24.2 Å². The number of benzene rings is 2. The molecule has 3 nitrogen and oxygen atoms in total. The lowest BCUT2D eigenvalue weighted by atomic mass is 9.80. The molecular weight excluding hydrogens is 320 g/mol. The lowest BCUT2D eigenvalue weighted by Gasteiger charge is -2.25. The summed E-state index contributed by atoms with van der Waals surface area (Å²) in [6.07, 6.45) is 0.871. The zero-order valence-corrected chi connectivity index (χ0v) is 15.3. The van der Waals surface area contributed by atoms with Crippen molar-refractivity contribution in [1.82, 2.24) is 0 Å². The molecule has 1 aliphatic rings. The molecule has 0 spiro atoms. The number of nitrogens with one attached hydrogen (secondary N) is 1. The van der Waals surface area contributed by atoms with E-state index in [2.05, 4.69) is 45.3 Å². The Morgan fingerprint density at radius 1 is 1.00 bits per heavy atom. The molecule has 0 radical (unpaired) electrons. The summed E-state index contributed by atoms with van der Waals surface area (Å²) in [7, 11) is 4.27. The lowest BCUT2D eigenvalue weighted by molar-refractivity contribution is -0.858. The number of carbonyl (C=O) groups is 1. The van der Waals surface area contributed by atoms with Crippen molar-refractivity contribution < 1.29 is 22.1 Å². The van der Waals surface area contributed by atoms with Crippen molar-refractivity contribution in [1.29, 1.82) is 0 Å². The first-order chi connectivity index (χ1) is 11.0. The highest BCUT2D eigenvalue weighted by molar-refractivity contribution is 6.07. The van der Waals surface area contributed by atoms with E-state index in [-0.39, 0.29) is 18.3 Å². The second-order valence-electron chi connectivity index (χ2n) is 6.93. The van der Waals surface area contributed by atoms with Crippen LogP contribution in [0.3, 0.4) is 0 Å². The van der Waals surface area contributed by atoms with Crippen LogP contribution >= 0.6 is 0 Å². The molecular formula is C20H25ClN2O. The van der Waals surface area contributed by atoms with E-state index in [0.29, 0.717) is 6.54 Å². The SMILES string of the molecule is C[NH+](C)CCC1(C)C(=O)N(Cc2ccccc2)c2ccccc21.[Cl-]. The topological polar surface area (TPSA) is 24.8 Å². The average Bonchev–Trinajstić information content (AvgIpc) is 2.77. The number of nitrogens with zero attached hydrogens (tertiary/aromatic N) is 1. The van der Waals surface area contributed by atoms with Gasteiger partial charge in [0.15, 0.2) is 0 Å². The Morgan fingerprint density at radius 2 is 1.62 bits per heavy atom. The first kappa shape index (κ1) is 18.5. The number of para-hydroxylation sites is 1. The van der Waals surface area contributed by atoms with Gasteiger partial charge in [-0.3, -0.25) is 4.79 Å². The Bertz CT molecular complexity index is 702. The summed E-state index contributed by atoms with van der Waals surface area (Å²) < 4.78 is 0. The first-order valence-corrected chi connectivity index (χ1v) is 8.27. The van der Waals surface area contributed by atoms with Gasteiger partial charge in [0.05, 0.1) is 32.6 Å². The van der Waals surface area contributed by atoms with Gasteiger partial charge < -0.3 is 22.2 Å². The highest BCUT2D eigenvalue weighted by Gasteiger charge is 2.47. The van der Waals surface area contributed by atoms with Gasteiger partial charge in [-0.15, -0.1) is 0 Å². The molecule has 0 aliphatic carbocycles. The van der Waals surface area contributed by atoms with Crippen molar-refractivity contribution in [3.63, 3.8) is 0 Å². The molecule has 4 heteroatoms. The zero-order chi connectivity index (χ0) is 16.4. The van der Waals surface area contributed by atoms with Gasteiger partial charge in [0.2, 0.25) is 5.91 Å². The van der Waals surface area contributed by atoms with Crippen LogP contribution in [0.5, 0.6) is 0 Å². The molecule has 0 saturated carbocycles. The third kappa shape index (κ3) is 3.33. The minimum atomic E-state index is -0.414. The molecule has 0 bridgehead atoms. The maximum absolute atomic E-state index is 13.2. The Morgan fingerprint density at radius 3 is 2.29 bits per heavy atom. The molecule has 0 fully saturated rings. The van der Waals surface area contributed by atoms with Crippen molar-refractivity contribution in [2.45, 2.75) is 25.3 Å². The Kier molecular flexibility index (Phi) is 5.68. The van der Waals surface area contributed by atoms with E-state index < -0.39 is 5.41 Å². The molecule has 0 saturated heterocycles. The first-order valence-electron chi connectivity index (χ1n) is 8.27. The molecule has 24 heavy (non-hydrogen) atoms.